The van der Waals surface area contributed by atoms with Gasteiger partial charge in [-0.2, -0.15) is 0 Å². The van der Waals surface area contributed by atoms with Crippen LogP contribution in [0.4, 0.5) is 22.7 Å². The molecule has 0 N–H and O–H groups in total. The average Bonchev–Trinajstić information content (AvgIpc) is 3.54. The molecule has 0 atom stereocenters. The van der Waals surface area contributed by atoms with Crippen molar-refractivity contribution in [1.29, 1.82) is 0 Å². The first kappa shape index (κ1) is 30.2. The minimum Gasteiger partial charge on any atom is -0.308 e. The Morgan fingerprint density at radius 3 is 1.10 bits per heavy atom. The molecule has 5 heteroatoms. The van der Waals surface area contributed by atoms with E-state index in [1.807, 2.05) is 60.7 Å². The molecule has 0 fully saturated rings. The normalized spacial score (nSPS) is 13.2. The number of para-hydroxylation sites is 2. The monoisotopic (exact) mass is 655 g/mol. The molecule has 0 bridgehead atoms. The van der Waals surface area contributed by atoms with Crippen molar-refractivity contribution in [3.8, 4) is 34.2 Å². The van der Waals surface area contributed by atoms with Crippen LogP contribution in [0.25, 0.3) is 34.2 Å². The molecule has 0 amide bonds. The van der Waals surface area contributed by atoms with E-state index in [1.54, 1.807) is 0 Å². The van der Waals surface area contributed by atoms with Crippen molar-refractivity contribution >= 4 is 22.7 Å². The van der Waals surface area contributed by atoms with Gasteiger partial charge in [0.1, 0.15) is 0 Å². The molecule has 1 aromatic heterocycles. The summed E-state index contributed by atoms with van der Waals surface area (Å²) in [5.41, 5.74) is 8.52. The highest BCUT2D eigenvalue weighted by Gasteiger charge is 2.53. The third-order valence-electron chi connectivity index (χ3n) is 9.44. The summed E-state index contributed by atoms with van der Waals surface area (Å²) >= 11 is 0. The SMILES string of the molecule is c1ccc(-c2nc(-c3ccccc3)nc(-c3ccc4c(c3)N(c3ccccc3)C(c3ccccc3)(c3ccccc3)N4c3ccccc3)n2)cc1. The lowest BCUT2D eigenvalue weighted by molar-refractivity contribution is 0.559. The van der Waals surface area contributed by atoms with Gasteiger partial charge < -0.3 is 9.80 Å². The van der Waals surface area contributed by atoms with Crippen LogP contribution in [0.1, 0.15) is 11.1 Å². The molecule has 1 aliphatic rings. The van der Waals surface area contributed by atoms with E-state index in [-0.39, 0.29) is 0 Å². The van der Waals surface area contributed by atoms with Gasteiger partial charge in [0, 0.05) is 39.2 Å². The zero-order valence-electron chi connectivity index (χ0n) is 27.8. The van der Waals surface area contributed by atoms with E-state index < -0.39 is 5.66 Å². The maximum Gasteiger partial charge on any atom is 0.175 e. The van der Waals surface area contributed by atoms with Gasteiger partial charge in [0.25, 0.3) is 0 Å². The number of hydrogen-bond acceptors (Lipinski definition) is 5. The van der Waals surface area contributed by atoms with Crippen molar-refractivity contribution in [2.45, 2.75) is 5.66 Å². The van der Waals surface area contributed by atoms with Crippen molar-refractivity contribution in [3.05, 3.63) is 211 Å². The summed E-state index contributed by atoms with van der Waals surface area (Å²) in [6.07, 6.45) is 0. The Hall–Kier alpha value is -6.85. The Morgan fingerprint density at radius 1 is 0.314 bits per heavy atom. The van der Waals surface area contributed by atoms with Crippen molar-refractivity contribution in [3.63, 3.8) is 0 Å². The van der Waals surface area contributed by atoms with Gasteiger partial charge in [-0.15, -0.1) is 0 Å². The summed E-state index contributed by atoms with van der Waals surface area (Å²) < 4.78 is 0. The van der Waals surface area contributed by atoms with Crippen LogP contribution >= 0.6 is 0 Å². The molecule has 0 saturated carbocycles. The lowest BCUT2D eigenvalue weighted by Crippen LogP contribution is -2.51. The second-order valence-corrected chi connectivity index (χ2v) is 12.5. The van der Waals surface area contributed by atoms with Gasteiger partial charge in [-0.25, -0.2) is 15.0 Å². The van der Waals surface area contributed by atoms with Crippen LogP contribution in [-0.2, 0) is 5.66 Å². The predicted molar refractivity (Wildman–Crippen MR) is 207 cm³/mol. The Kier molecular flexibility index (Phi) is 7.63. The summed E-state index contributed by atoms with van der Waals surface area (Å²) in [7, 11) is 0. The molecule has 1 aliphatic heterocycles. The second-order valence-electron chi connectivity index (χ2n) is 12.5. The molecule has 8 aromatic rings. The van der Waals surface area contributed by atoms with Crippen LogP contribution in [0.5, 0.6) is 0 Å². The molecule has 2 heterocycles. The lowest BCUT2D eigenvalue weighted by Gasteiger charge is -2.47. The van der Waals surface area contributed by atoms with Crippen LogP contribution in [0.3, 0.4) is 0 Å². The van der Waals surface area contributed by atoms with Gasteiger partial charge in [0.2, 0.25) is 0 Å². The van der Waals surface area contributed by atoms with E-state index >= 15 is 0 Å². The van der Waals surface area contributed by atoms with Gasteiger partial charge in [0.15, 0.2) is 23.1 Å². The number of fused-ring (bicyclic) bond motifs is 1. The minimum absolute atomic E-state index is 0.613. The van der Waals surface area contributed by atoms with E-state index in [1.165, 1.54) is 0 Å². The molecule has 5 nitrogen and oxygen atoms in total. The summed E-state index contributed by atoms with van der Waals surface area (Å²) in [5, 5.41) is 0. The maximum atomic E-state index is 5.10. The molecule has 0 radical (unpaired) electrons. The Bertz CT molecular complexity index is 2310. The second kappa shape index (κ2) is 12.9. The van der Waals surface area contributed by atoms with Gasteiger partial charge in [-0.1, -0.05) is 158 Å². The van der Waals surface area contributed by atoms with E-state index in [0.29, 0.717) is 17.5 Å². The summed E-state index contributed by atoms with van der Waals surface area (Å²) in [5.74, 6) is 1.88. The van der Waals surface area contributed by atoms with E-state index in [2.05, 4.69) is 149 Å². The van der Waals surface area contributed by atoms with Crippen molar-refractivity contribution in [2.24, 2.45) is 0 Å². The fourth-order valence-electron chi connectivity index (χ4n) is 7.25. The molecule has 0 unspecified atom stereocenters. The Morgan fingerprint density at radius 2 is 0.667 bits per heavy atom. The van der Waals surface area contributed by atoms with Crippen LogP contribution in [-0.4, -0.2) is 15.0 Å². The number of rotatable bonds is 7. The minimum atomic E-state index is -0.782. The average molecular weight is 656 g/mol. The van der Waals surface area contributed by atoms with E-state index in [0.717, 1.165) is 50.6 Å². The van der Waals surface area contributed by atoms with Crippen LogP contribution < -0.4 is 9.80 Å². The predicted octanol–water partition coefficient (Wildman–Crippen LogP) is 11.1. The maximum absolute atomic E-state index is 5.10. The lowest BCUT2D eigenvalue weighted by atomic mass is 9.87. The third kappa shape index (κ3) is 5.23. The molecule has 0 spiro atoms. The van der Waals surface area contributed by atoms with Crippen LogP contribution in [0.2, 0.25) is 0 Å². The van der Waals surface area contributed by atoms with Crippen molar-refractivity contribution < 1.29 is 0 Å². The number of hydrogen-bond donors (Lipinski definition) is 0. The molecule has 0 aliphatic carbocycles. The standard InChI is InChI=1S/C46H33N5/c1-7-19-34(20-8-1)43-47-44(35-21-9-2-10-22-35)49-45(48-43)36-31-32-41-42(33-36)51(40-29-17-6-18-30-40)46(37-23-11-3-12-24-37,38-25-13-4-14-26-38)50(41)39-27-15-5-16-28-39/h1-33H. The highest BCUT2D eigenvalue weighted by Crippen LogP contribution is 2.60. The Labute approximate surface area is 297 Å². The zero-order chi connectivity index (χ0) is 34.0. The molecule has 7 aromatic carbocycles. The molecular weight excluding hydrogens is 623 g/mol. The largest absolute Gasteiger partial charge is 0.308 e. The fraction of sp³-hybridized carbons (Fsp3) is 0.0217. The molecule has 242 valence electrons. The molecule has 0 saturated heterocycles. The summed E-state index contributed by atoms with van der Waals surface area (Å²) in [4.78, 5) is 20.1. The highest BCUT2D eigenvalue weighted by atomic mass is 15.5. The van der Waals surface area contributed by atoms with E-state index in [9.17, 15) is 0 Å². The van der Waals surface area contributed by atoms with Crippen molar-refractivity contribution in [1.82, 2.24) is 15.0 Å². The quantitative estimate of drug-likeness (QED) is 0.171. The smallest absolute Gasteiger partial charge is 0.175 e. The molecular formula is C46H33N5. The number of anilines is 4. The summed E-state index contributed by atoms with van der Waals surface area (Å²) in [6, 6.07) is 69.8. The first-order valence-corrected chi connectivity index (χ1v) is 17.1. The van der Waals surface area contributed by atoms with Gasteiger partial charge >= 0.3 is 0 Å². The fourth-order valence-corrected chi connectivity index (χ4v) is 7.25. The third-order valence-corrected chi connectivity index (χ3v) is 9.44. The number of benzene rings is 7. The highest BCUT2D eigenvalue weighted by molar-refractivity contribution is 5.94. The zero-order valence-corrected chi connectivity index (χ0v) is 27.8. The molecule has 51 heavy (non-hydrogen) atoms. The van der Waals surface area contributed by atoms with Gasteiger partial charge in [-0.3, -0.25) is 0 Å². The number of nitrogens with zero attached hydrogens (tertiary/aromatic N) is 5. The summed E-state index contributed by atoms with van der Waals surface area (Å²) in [6.45, 7) is 0. The Balaban J connectivity index is 1.34. The van der Waals surface area contributed by atoms with Gasteiger partial charge in [-0.05, 0) is 42.5 Å². The molecule has 9 rings (SSSR count). The van der Waals surface area contributed by atoms with Crippen LogP contribution in [0.15, 0.2) is 200 Å². The topological polar surface area (TPSA) is 45.2 Å². The first-order chi connectivity index (χ1) is 25.3. The first-order valence-electron chi connectivity index (χ1n) is 17.1. The van der Waals surface area contributed by atoms with Crippen LogP contribution in [0, 0.1) is 0 Å². The van der Waals surface area contributed by atoms with Gasteiger partial charge in [0.05, 0.1) is 11.4 Å². The van der Waals surface area contributed by atoms with Crippen molar-refractivity contribution in [2.75, 3.05) is 9.80 Å². The van der Waals surface area contributed by atoms with E-state index in [4.69, 9.17) is 15.0 Å². The number of aromatic nitrogens is 3.